The van der Waals surface area contributed by atoms with Gasteiger partial charge in [0.25, 0.3) is 0 Å². The molecular formula is C9H14N4O3S. The Balaban J connectivity index is 2.55. The molecule has 0 aliphatic rings. The summed E-state index contributed by atoms with van der Waals surface area (Å²) in [6.45, 7) is 3.64. The first-order chi connectivity index (χ1) is 8.04. The van der Waals surface area contributed by atoms with Crippen molar-refractivity contribution < 1.29 is 14.7 Å². The molecule has 0 aliphatic carbocycles. The quantitative estimate of drug-likeness (QED) is 0.735. The van der Waals surface area contributed by atoms with Crippen LogP contribution in [-0.2, 0) is 4.79 Å². The number of aromatic nitrogens is 2. The fraction of sp³-hybridized carbons (Fsp3) is 0.556. The first kappa shape index (κ1) is 13.4. The van der Waals surface area contributed by atoms with Gasteiger partial charge in [0, 0.05) is 11.5 Å². The summed E-state index contributed by atoms with van der Waals surface area (Å²) in [7, 11) is 0. The standard InChI is InChI=1S/C9H14N4O3S/c1-3-5(2)7(8(14)15)12-9(16)11-6-4-10-13-17-6/h4-5,7H,3H2,1-2H3,(H,14,15)(H2,11,12,16)/t5?,7-/m0/s1. The first-order valence-electron chi connectivity index (χ1n) is 5.12. The Morgan fingerprint density at radius 3 is 2.76 bits per heavy atom. The third-order valence-electron chi connectivity index (χ3n) is 2.36. The number of nitrogens with zero attached hydrogens (tertiary/aromatic N) is 2. The molecule has 0 saturated carbocycles. The number of rotatable bonds is 5. The smallest absolute Gasteiger partial charge is 0.326 e. The summed E-state index contributed by atoms with van der Waals surface area (Å²) < 4.78 is 3.57. The molecule has 17 heavy (non-hydrogen) atoms. The van der Waals surface area contributed by atoms with E-state index in [4.69, 9.17) is 5.11 Å². The molecule has 0 saturated heterocycles. The van der Waals surface area contributed by atoms with E-state index in [2.05, 4.69) is 20.2 Å². The fourth-order valence-electron chi connectivity index (χ4n) is 1.19. The van der Waals surface area contributed by atoms with E-state index in [9.17, 15) is 9.59 Å². The molecule has 7 nitrogen and oxygen atoms in total. The van der Waals surface area contributed by atoms with Crippen molar-refractivity contribution in [2.24, 2.45) is 5.92 Å². The maximum atomic E-state index is 11.5. The predicted octanol–water partition coefficient (Wildman–Crippen LogP) is 1.16. The second-order valence-electron chi connectivity index (χ2n) is 3.58. The van der Waals surface area contributed by atoms with Crippen LogP contribution in [-0.4, -0.2) is 32.7 Å². The lowest BCUT2D eigenvalue weighted by Crippen LogP contribution is -2.46. The van der Waals surface area contributed by atoms with Crippen molar-refractivity contribution >= 4 is 28.5 Å². The van der Waals surface area contributed by atoms with E-state index in [0.29, 0.717) is 11.4 Å². The maximum absolute atomic E-state index is 11.5. The van der Waals surface area contributed by atoms with Crippen molar-refractivity contribution in [3.8, 4) is 0 Å². The monoisotopic (exact) mass is 258 g/mol. The zero-order chi connectivity index (χ0) is 12.8. The minimum atomic E-state index is -1.04. The Kier molecular flexibility index (Phi) is 4.83. The highest BCUT2D eigenvalue weighted by Gasteiger charge is 2.25. The highest BCUT2D eigenvalue weighted by Crippen LogP contribution is 2.11. The van der Waals surface area contributed by atoms with Crippen molar-refractivity contribution in [1.82, 2.24) is 14.9 Å². The minimum absolute atomic E-state index is 0.141. The van der Waals surface area contributed by atoms with Gasteiger partial charge >= 0.3 is 12.0 Å². The van der Waals surface area contributed by atoms with E-state index >= 15 is 0 Å². The third-order valence-corrected chi connectivity index (χ3v) is 2.94. The number of hydrogen-bond donors (Lipinski definition) is 3. The number of urea groups is 1. The first-order valence-corrected chi connectivity index (χ1v) is 5.89. The van der Waals surface area contributed by atoms with Gasteiger partial charge in [0.15, 0.2) is 0 Å². The number of aliphatic carboxylic acids is 1. The molecule has 0 spiro atoms. The van der Waals surface area contributed by atoms with E-state index in [-0.39, 0.29) is 5.92 Å². The van der Waals surface area contributed by atoms with E-state index in [1.54, 1.807) is 6.92 Å². The van der Waals surface area contributed by atoms with Crippen LogP contribution in [0.5, 0.6) is 0 Å². The van der Waals surface area contributed by atoms with Gasteiger partial charge in [0.2, 0.25) is 0 Å². The minimum Gasteiger partial charge on any atom is -0.480 e. The SMILES string of the molecule is CCC(C)[C@H](NC(=O)Nc1cnns1)C(=O)O. The van der Waals surface area contributed by atoms with Crippen molar-refractivity contribution in [2.45, 2.75) is 26.3 Å². The lowest BCUT2D eigenvalue weighted by atomic mass is 10.00. The van der Waals surface area contributed by atoms with E-state index < -0.39 is 18.0 Å². The lowest BCUT2D eigenvalue weighted by Gasteiger charge is -2.19. The van der Waals surface area contributed by atoms with Gasteiger partial charge in [-0.3, -0.25) is 5.32 Å². The molecule has 1 rings (SSSR count). The highest BCUT2D eigenvalue weighted by molar-refractivity contribution is 7.10. The molecular weight excluding hydrogens is 244 g/mol. The van der Waals surface area contributed by atoms with Crippen LogP contribution in [0.2, 0.25) is 0 Å². The number of carbonyl (C=O) groups excluding carboxylic acids is 1. The number of nitrogens with one attached hydrogen (secondary N) is 2. The second kappa shape index (κ2) is 6.14. The maximum Gasteiger partial charge on any atom is 0.326 e. The molecule has 1 aromatic rings. The molecule has 8 heteroatoms. The van der Waals surface area contributed by atoms with Crippen LogP contribution in [0.1, 0.15) is 20.3 Å². The Bertz CT molecular complexity index is 382. The van der Waals surface area contributed by atoms with Crippen LogP contribution >= 0.6 is 11.5 Å². The normalized spacial score (nSPS) is 13.8. The van der Waals surface area contributed by atoms with Crippen molar-refractivity contribution in [1.29, 1.82) is 0 Å². The van der Waals surface area contributed by atoms with E-state index in [1.165, 1.54) is 6.20 Å². The highest BCUT2D eigenvalue weighted by atomic mass is 32.1. The van der Waals surface area contributed by atoms with E-state index in [0.717, 1.165) is 11.5 Å². The van der Waals surface area contributed by atoms with Crippen molar-refractivity contribution in [3.63, 3.8) is 0 Å². The molecule has 1 aromatic heterocycles. The second-order valence-corrected chi connectivity index (χ2v) is 4.37. The predicted molar refractivity (Wildman–Crippen MR) is 62.9 cm³/mol. The number of carboxylic acid groups (broad SMARTS) is 1. The van der Waals surface area contributed by atoms with Crippen LogP contribution in [0.3, 0.4) is 0 Å². The number of amides is 2. The number of carbonyl (C=O) groups is 2. The van der Waals surface area contributed by atoms with Crippen molar-refractivity contribution in [2.75, 3.05) is 5.32 Å². The van der Waals surface area contributed by atoms with Crippen molar-refractivity contribution in [3.05, 3.63) is 6.20 Å². The summed E-state index contributed by atoms with van der Waals surface area (Å²) in [5.41, 5.74) is 0. The molecule has 0 aliphatic heterocycles. The molecule has 2 amide bonds. The van der Waals surface area contributed by atoms with Gasteiger partial charge in [-0.05, 0) is 5.92 Å². The Morgan fingerprint density at radius 1 is 1.59 bits per heavy atom. The number of carboxylic acids is 1. The van der Waals surface area contributed by atoms with Gasteiger partial charge in [-0.1, -0.05) is 24.8 Å². The molecule has 0 fully saturated rings. The van der Waals surface area contributed by atoms with Gasteiger partial charge < -0.3 is 10.4 Å². The van der Waals surface area contributed by atoms with Crippen LogP contribution in [0.15, 0.2) is 6.20 Å². The van der Waals surface area contributed by atoms with Gasteiger partial charge in [-0.15, -0.1) is 5.10 Å². The van der Waals surface area contributed by atoms with E-state index in [1.807, 2.05) is 6.92 Å². The molecule has 0 bridgehead atoms. The summed E-state index contributed by atoms with van der Waals surface area (Å²) in [5.74, 6) is -1.19. The summed E-state index contributed by atoms with van der Waals surface area (Å²) in [4.78, 5) is 22.5. The average molecular weight is 258 g/mol. The summed E-state index contributed by atoms with van der Waals surface area (Å²) in [6, 6.07) is -1.47. The third kappa shape index (κ3) is 3.99. The van der Waals surface area contributed by atoms with Crippen LogP contribution in [0, 0.1) is 5.92 Å². The van der Waals surface area contributed by atoms with Gasteiger partial charge in [-0.2, -0.15) is 0 Å². The molecule has 0 radical (unpaired) electrons. The number of anilines is 1. The fourth-order valence-corrected chi connectivity index (χ4v) is 1.61. The lowest BCUT2D eigenvalue weighted by molar-refractivity contribution is -0.140. The van der Waals surface area contributed by atoms with Crippen LogP contribution in [0.4, 0.5) is 9.80 Å². The van der Waals surface area contributed by atoms with Gasteiger partial charge in [0.1, 0.15) is 11.0 Å². The van der Waals surface area contributed by atoms with Crippen LogP contribution in [0.25, 0.3) is 0 Å². The molecule has 1 heterocycles. The number of hydrogen-bond acceptors (Lipinski definition) is 5. The molecule has 1 unspecified atom stereocenters. The molecule has 0 aromatic carbocycles. The summed E-state index contributed by atoms with van der Waals surface area (Å²) >= 11 is 1.02. The zero-order valence-electron chi connectivity index (χ0n) is 9.51. The summed E-state index contributed by atoms with van der Waals surface area (Å²) in [5, 5.41) is 17.9. The van der Waals surface area contributed by atoms with Gasteiger partial charge in [0.05, 0.1) is 6.20 Å². The average Bonchev–Trinajstić information content (AvgIpc) is 2.77. The Morgan fingerprint density at radius 2 is 2.29 bits per heavy atom. The summed E-state index contributed by atoms with van der Waals surface area (Å²) in [6.07, 6.45) is 2.06. The van der Waals surface area contributed by atoms with Crippen LogP contribution < -0.4 is 10.6 Å². The van der Waals surface area contributed by atoms with Gasteiger partial charge in [-0.25, -0.2) is 9.59 Å². The molecule has 2 atom stereocenters. The Labute approximate surface area is 102 Å². The zero-order valence-corrected chi connectivity index (χ0v) is 10.3. The largest absolute Gasteiger partial charge is 0.480 e. The topological polar surface area (TPSA) is 104 Å². The molecule has 94 valence electrons. The Hall–Kier alpha value is -1.70. The molecule has 3 N–H and O–H groups in total.